The molecule has 0 aliphatic rings. The number of ether oxygens (including phenoxy) is 1. The van der Waals surface area contributed by atoms with Crippen LogP contribution in [0.25, 0.3) is 10.8 Å². The molecule has 0 spiro atoms. The Bertz CT molecular complexity index is 568. The van der Waals surface area contributed by atoms with E-state index in [-0.39, 0.29) is 12.1 Å². The first-order valence-corrected chi connectivity index (χ1v) is 6.51. The second-order valence-electron chi connectivity index (χ2n) is 4.98. The average molecular weight is 259 g/mol. The summed E-state index contributed by atoms with van der Waals surface area (Å²) in [7, 11) is 3.60. The standard InChI is InChI=1S/C16H21NO2/c1-16(17-2,8-9-18)14-6-4-13-11-15(19-3)7-5-12(13)10-14/h4-7,10-11,17-18H,8-9H2,1-3H3. The molecular formula is C16H21NO2. The fourth-order valence-electron chi connectivity index (χ4n) is 2.33. The zero-order valence-corrected chi connectivity index (χ0v) is 11.7. The number of hydrogen-bond donors (Lipinski definition) is 2. The van der Waals surface area contributed by atoms with Crippen LogP contribution in [-0.2, 0) is 5.54 Å². The fourth-order valence-corrected chi connectivity index (χ4v) is 2.33. The van der Waals surface area contributed by atoms with Crippen LogP contribution in [0.5, 0.6) is 5.75 Å². The first-order chi connectivity index (χ1) is 9.12. The van der Waals surface area contributed by atoms with Crippen molar-refractivity contribution in [1.29, 1.82) is 0 Å². The van der Waals surface area contributed by atoms with Gasteiger partial charge in [0.15, 0.2) is 0 Å². The summed E-state index contributed by atoms with van der Waals surface area (Å²) in [6.45, 7) is 2.27. The molecule has 19 heavy (non-hydrogen) atoms. The third-order valence-corrected chi connectivity index (χ3v) is 3.85. The number of aliphatic hydroxyl groups is 1. The fraction of sp³-hybridized carbons (Fsp3) is 0.375. The average Bonchev–Trinajstić information content (AvgIpc) is 2.46. The van der Waals surface area contributed by atoms with Crippen LogP contribution in [0.2, 0.25) is 0 Å². The molecule has 1 atom stereocenters. The highest BCUT2D eigenvalue weighted by Gasteiger charge is 2.23. The number of nitrogens with one attached hydrogen (secondary N) is 1. The van der Waals surface area contributed by atoms with Gasteiger partial charge in [0.2, 0.25) is 0 Å². The molecule has 0 fully saturated rings. The van der Waals surface area contributed by atoms with Gasteiger partial charge in [-0.1, -0.05) is 18.2 Å². The molecule has 0 aliphatic carbocycles. The highest BCUT2D eigenvalue weighted by molar-refractivity contribution is 5.84. The van der Waals surface area contributed by atoms with Gasteiger partial charge in [-0.25, -0.2) is 0 Å². The quantitative estimate of drug-likeness (QED) is 0.867. The lowest BCUT2D eigenvalue weighted by atomic mass is 9.87. The molecule has 2 N–H and O–H groups in total. The Labute approximate surface area is 114 Å². The van der Waals surface area contributed by atoms with Gasteiger partial charge in [-0.3, -0.25) is 0 Å². The van der Waals surface area contributed by atoms with Crippen molar-refractivity contribution in [3.63, 3.8) is 0 Å². The first-order valence-electron chi connectivity index (χ1n) is 6.51. The summed E-state index contributed by atoms with van der Waals surface area (Å²) in [5, 5.41) is 14.9. The zero-order chi connectivity index (χ0) is 13.9. The van der Waals surface area contributed by atoms with E-state index in [4.69, 9.17) is 4.74 Å². The number of fused-ring (bicyclic) bond motifs is 1. The highest BCUT2D eigenvalue weighted by atomic mass is 16.5. The maximum atomic E-state index is 9.22. The predicted molar refractivity (Wildman–Crippen MR) is 78.6 cm³/mol. The molecule has 2 aromatic carbocycles. The number of methoxy groups -OCH3 is 1. The lowest BCUT2D eigenvalue weighted by Crippen LogP contribution is -2.37. The highest BCUT2D eigenvalue weighted by Crippen LogP contribution is 2.28. The van der Waals surface area contributed by atoms with Gasteiger partial charge < -0.3 is 15.2 Å². The van der Waals surface area contributed by atoms with Crippen molar-refractivity contribution in [3.05, 3.63) is 42.0 Å². The van der Waals surface area contributed by atoms with Crippen molar-refractivity contribution in [3.8, 4) is 5.75 Å². The van der Waals surface area contributed by atoms with Gasteiger partial charge in [0, 0.05) is 12.1 Å². The topological polar surface area (TPSA) is 41.5 Å². The first kappa shape index (κ1) is 13.8. The molecule has 0 heterocycles. The molecule has 0 saturated carbocycles. The van der Waals surface area contributed by atoms with Gasteiger partial charge in [-0.15, -0.1) is 0 Å². The summed E-state index contributed by atoms with van der Waals surface area (Å²) in [5.41, 5.74) is 0.977. The number of rotatable bonds is 5. The minimum absolute atomic E-state index is 0.165. The van der Waals surface area contributed by atoms with Crippen molar-refractivity contribution in [2.24, 2.45) is 0 Å². The van der Waals surface area contributed by atoms with Gasteiger partial charge in [0.05, 0.1) is 7.11 Å². The Kier molecular flexibility index (Phi) is 4.08. The summed E-state index contributed by atoms with van der Waals surface area (Å²) in [4.78, 5) is 0. The van der Waals surface area contributed by atoms with Gasteiger partial charge in [-0.05, 0) is 54.9 Å². The van der Waals surface area contributed by atoms with Crippen molar-refractivity contribution in [1.82, 2.24) is 5.32 Å². The molecule has 0 radical (unpaired) electrons. The minimum atomic E-state index is -0.205. The summed E-state index contributed by atoms with van der Waals surface area (Å²) in [6.07, 6.45) is 0.686. The molecule has 3 nitrogen and oxygen atoms in total. The van der Waals surface area contributed by atoms with Crippen LogP contribution in [0.4, 0.5) is 0 Å². The van der Waals surface area contributed by atoms with Gasteiger partial charge in [0.1, 0.15) is 5.75 Å². The maximum Gasteiger partial charge on any atom is 0.119 e. The predicted octanol–water partition coefficient (Wildman–Crippen LogP) is 2.67. The Morgan fingerprint density at radius 2 is 1.84 bits per heavy atom. The molecule has 0 aliphatic heterocycles. The molecule has 0 bridgehead atoms. The smallest absolute Gasteiger partial charge is 0.119 e. The van der Waals surface area contributed by atoms with Crippen LogP contribution in [0, 0.1) is 0 Å². The van der Waals surface area contributed by atoms with Crippen LogP contribution in [-0.4, -0.2) is 25.9 Å². The third kappa shape index (κ3) is 2.72. The summed E-state index contributed by atoms with van der Waals surface area (Å²) < 4.78 is 5.23. The summed E-state index contributed by atoms with van der Waals surface area (Å²) in [5.74, 6) is 0.868. The van der Waals surface area contributed by atoms with E-state index in [0.29, 0.717) is 6.42 Å². The second-order valence-corrected chi connectivity index (χ2v) is 4.98. The summed E-state index contributed by atoms with van der Waals surface area (Å²) in [6, 6.07) is 12.4. The van der Waals surface area contributed by atoms with Crippen molar-refractivity contribution in [2.45, 2.75) is 18.9 Å². The SMILES string of the molecule is CNC(C)(CCO)c1ccc2cc(OC)ccc2c1. The van der Waals surface area contributed by atoms with Crippen LogP contribution in [0.3, 0.4) is 0 Å². The third-order valence-electron chi connectivity index (χ3n) is 3.85. The van der Waals surface area contributed by atoms with Gasteiger partial charge in [-0.2, -0.15) is 0 Å². The van der Waals surface area contributed by atoms with E-state index in [9.17, 15) is 5.11 Å². The molecule has 2 aromatic rings. The van der Waals surface area contributed by atoms with Crippen molar-refractivity contribution < 1.29 is 9.84 Å². The van der Waals surface area contributed by atoms with E-state index in [0.717, 1.165) is 11.1 Å². The minimum Gasteiger partial charge on any atom is -0.497 e. The van der Waals surface area contributed by atoms with E-state index in [1.807, 2.05) is 19.2 Å². The van der Waals surface area contributed by atoms with Crippen LogP contribution < -0.4 is 10.1 Å². The molecule has 1 unspecified atom stereocenters. The van der Waals surface area contributed by atoms with E-state index < -0.39 is 0 Å². The van der Waals surface area contributed by atoms with E-state index >= 15 is 0 Å². The largest absolute Gasteiger partial charge is 0.497 e. The molecule has 3 heteroatoms. The molecule has 0 amide bonds. The van der Waals surface area contributed by atoms with Crippen molar-refractivity contribution >= 4 is 10.8 Å². The summed E-state index contributed by atoms with van der Waals surface area (Å²) >= 11 is 0. The van der Waals surface area contributed by atoms with Crippen LogP contribution in [0.15, 0.2) is 36.4 Å². The normalized spacial score (nSPS) is 14.3. The Morgan fingerprint density at radius 1 is 1.16 bits per heavy atom. The molecule has 0 aromatic heterocycles. The molecule has 2 rings (SSSR count). The van der Waals surface area contributed by atoms with Gasteiger partial charge >= 0.3 is 0 Å². The molecular weight excluding hydrogens is 238 g/mol. The van der Waals surface area contributed by atoms with Gasteiger partial charge in [0.25, 0.3) is 0 Å². The van der Waals surface area contributed by atoms with E-state index in [1.54, 1.807) is 7.11 Å². The van der Waals surface area contributed by atoms with Crippen LogP contribution in [0.1, 0.15) is 18.9 Å². The zero-order valence-electron chi connectivity index (χ0n) is 11.7. The second kappa shape index (κ2) is 5.59. The number of benzene rings is 2. The Balaban J connectivity index is 2.46. The lowest BCUT2D eigenvalue weighted by molar-refractivity contribution is 0.228. The number of hydrogen-bond acceptors (Lipinski definition) is 3. The lowest BCUT2D eigenvalue weighted by Gasteiger charge is -2.29. The van der Waals surface area contributed by atoms with Crippen molar-refractivity contribution in [2.75, 3.05) is 20.8 Å². The van der Waals surface area contributed by atoms with E-state index in [1.165, 1.54) is 10.9 Å². The Morgan fingerprint density at radius 3 is 2.47 bits per heavy atom. The molecule has 102 valence electrons. The van der Waals surface area contributed by atoms with Crippen LogP contribution >= 0.6 is 0 Å². The van der Waals surface area contributed by atoms with E-state index in [2.05, 4.69) is 36.5 Å². The maximum absolute atomic E-state index is 9.22. The number of aliphatic hydroxyl groups excluding tert-OH is 1. The Hall–Kier alpha value is -1.58. The molecule has 0 saturated heterocycles. The monoisotopic (exact) mass is 259 g/mol.